The Labute approximate surface area is 122 Å². The molecule has 0 radical (unpaired) electrons. The molecule has 5 heteroatoms. The molecule has 1 aromatic heterocycles. The van der Waals surface area contributed by atoms with E-state index < -0.39 is 0 Å². The summed E-state index contributed by atoms with van der Waals surface area (Å²) < 4.78 is 1.99. The third kappa shape index (κ3) is 4.87. The first-order chi connectivity index (χ1) is 9.65. The van der Waals surface area contributed by atoms with Gasteiger partial charge in [-0.25, -0.2) is 0 Å². The largest absolute Gasteiger partial charge is 0.311 e. The number of hydrogen-bond acceptors (Lipinski definition) is 4. The number of rotatable bonds is 7. The van der Waals surface area contributed by atoms with Crippen LogP contribution in [-0.2, 0) is 13.1 Å². The van der Waals surface area contributed by atoms with Gasteiger partial charge in [0, 0.05) is 25.3 Å². The number of aromatic nitrogens is 3. The Kier molecular flexibility index (Phi) is 5.98. The summed E-state index contributed by atoms with van der Waals surface area (Å²) in [6, 6.07) is 0.718. The van der Waals surface area contributed by atoms with Crippen LogP contribution in [0.15, 0.2) is 6.20 Å². The summed E-state index contributed by atoms with van der Waals surface area (Å²) in [5.74, 6) is 0.673. The predicted octanol–water partition coefficient (Wildman–Crippen LogP) is 1.90. The molecule has 1 atom stereocenters. The van der Waals surface area contributed by atoms with Crippen LogP contribution in [0.2, 0.25) is 0 Å². The molecule has 1 N–H and O–H groups in total. The number of hydrogen-bond donors (Lipinski definition) is 1. The number of nitrogens with one attached hydrogen (secondary N) is 1. The van der Waals surface area contributed by atoms with Gasteiger partial charge in [0.2, 0.25) is 0 Å². The van der Waals surface area contributed by atoms with Crippen LogP contribution in [0.3, 0.4) is 0 Å². The molecule has 1 unspecified atom stereocenters. The molecule has 20 heavy (non-hydrogen) atoms. The highest BCUT2D eigenvalue weighted by molar-refractivity contribution is 4.91. The molecule has 0 saturated carbocycles. The van der Waals surface area contributed by atoms with Gasteiger partial charge in [0.1, 0.15) is 0 Å². The zero-order chi connectivity index (χ0) is 14.4. The van der Waals surface area contributed by atoms with E-state index in [1.165, 1.54) is 32.2 Å². The van der Waals surface area contributed by atoms with Crippen LogP contribution in [0.1, 0.15) is 45.2 Å². The van der Waals surface area contributed by atoms with Crippen molar-refractivity contribution in [2.75, 3.05) is 20.1 Å². The van der Waals surface area contributed by atoms with E-state index >= 15 is 0 Å². The maximum atomic E-state index is 4.23. The predicted molar refractivity (Wildman–Crippen MR) is 81.5 cm³/mol. The molecule has 0 aromatic carbocycles. The van der Waals surface area contributed by atoms with E-state index in [1.807, 2.05) is 4.68 Å². The Hall–Kier alpha value is -0.940. The zero-order valence-electron chi connectivity index (χ0n) is 13.2. The molecule has 1 saturated heterocycles. The van der Waals surface area contributed by atoms with Gasteiger partial charge in [-0.2, -0.15) is 0 Å². The maximum Gasteiger partial charge on any atom is 0.0964 e. The summed E-state index contributed by atoms with van der Waals surface area (Å²) in [5, 5.41) is 11.9. The number of aryl methyl sites for hydroxylation is 1. The Morgan fingerprint density at radius 1 is 1.40 bits per heavy atom. The molecule has 1 aromatic rings. The molecule has 1 fully saturated rings. The molecular formula is C15H29N5. The minimum absolute atomic E-state index is 0.673. The van der Waals surface area contributed by atoms with Crippen LogP contribution in [-0.4, -0.2) is 46.1 Å². The third-order valence-corrected chi connectivity index (χ3v) is 4.06. The van der Waals surface area contributed by atoms with E-state index in [-0.39, 0.29) is 0 Å². The molecule has 0 bridgehead atoms. The van der Waals surface area contributed by atoms with Crippen molar-refractivity contribution in [2.45, 2.75) is 58.7 Å². The van der Waals surface area contributed by atoms with Crippen LogP contribution in [0.4, 0.5) is 0 Å². The molecule has 0 aliphatic carbocycles. The van der Waals surface area contributed by atoms with E-state index in [2.05, 4.69) is 47.6 Å². The highest BCUT2D eigenvalue weighted by Crippen LogP contribution is 2.18. The van der Waals surface area contributed by atoms with Crippen molar-refractivity contribution in [1.29, 1.82) is 0 Å². The van der Waals surface area contributed by atoms with Gasteiger partial charge in [-0.1, -0.05) is 25.5 Å². The van der Waals surface area contributed by atoms with Gasteiger partial charge < -0.3 is 10.2 Å². The Morgan fingerprint density at radius 2 is 2.25 bits per heavy atom. The van der Waals surface area contributed by atoms with Crippen molar-refractivity contribution in [3.05, 3.63) is 11.9 Å². The maximum absolute atomic E-state index is 4.23. The lowest BCUT2D eigenvalue weighted by molar-refractivity contribution is 0.169. The molecule has 5 nitrogen and oxygen atoms in total. The van der Waals surface area contributed by atoms with E-state index in [0.717, 1.165) is 31.4 Å². The van der Waals surface area contributed by atoms with Gasteiger partial charge in [-0.05, 0) is 45.3 Å². The zero-order valence-corrected chi connectivity index (χ0v) is 13.2. The fourth-order valence-corrected chi connectivity index (χ4v) is 2.81. The normalized spacial score (nSPS) is 20.7. The monoisotopic (exact) mass is 279 g/mol. The van der Waals surface area contributed by atoms with Gasteiger partial charge in [0.05, 0.1) is 5.69 Å². The highest BCUT2D eigenvalue weighted by Gasteiger charge is 2.18. The van der Waals surface area contributed by atoms with Crippen molar-refractivity contribution in [1.82, 2.24) is 25.2 Å². The summed E-state index contributed by atoms with van der Waals surface area (Å²) in [6.45, 7) is 8.49. The quantitative estimate of drug-likeness (QED) is 0.828. The second kappa shape index (κ2) is 7.74. The molecule has 0 spiro atoms. The topological polar surface area (TPSA) is 46.0 Å². The minimum atomic E-state index is 0.673. The Morgan fingerprint density at radius 3 is 3.00 bits per heavy atom. The van der Waals surface area contributed by atoms with Crippen molar-refractivity contribution >= 4 is 0 Å². The van der Waals surface area contributed by atoms with E-state index in [1.54, 1.807) is 0 Å². The first-order valence-electron chi connectivity index (χ1n) is 7.95. The molecule has 114 valence electrons. The summed E-state index contributed by atoms with van der Waals surface area (Å²) >= 11 is 0. The lowest BCUT2D eigenvalue weighted by Gasteiger charge is -2.32. The molecular weight excluding hydrogens is 250 g/mol. The van der Waals surface area contributed by atoms with Gasteiger partial charge in [0.25, 0.3) is 0 Å². The summed E-state index contributed by atoms with van der Waals surface area (Å²) in [5.41, 5.74) is 1.04. The van der Waals surface area contributed by atoms with E-state index in [4.69, 9.17) is 0 Å². The van der Waals surface area contributed by atoms with Crippen molar-refractivity contribution < 1.29 is 0 Å². The first-order valence-corrected chi connectivity index (χ1v) is 7.95. The summed E-state index contributed by atoms with van der Waals surface area (Å²) in [6.07, 6.45) is 7.31. The fourth-order valence-electron chi connectivity index (χ4n) is 2.81. The second-order valence-corrected chi connectivity index (χ2v) is 6.42. The van der Waals surface area contributed by atoms with Gasteiger partial charge in [0.15, 0.2) is 0 Å². The average Bonchev–Trinajstić information content (AvgIpc) is 2.85. The van der Waals surface area contributed by atoms with Crippen LogP contribution < -0.4 is 5.32 Å². The lowest BCUT2D eigenvalue weighted by Crippen LogP contribution is -2.36. The van der Waals surface area contributed by atoms with Gasteiger partial charge in [-0.15, -0.1) is 5.10 Å². The number of likely N-dealkylation sites (tertiary alicyclic amines) is 1. The summed E-state index contributed by atoms with van der Waals surface area (Å²) in [4.78, 5) is 2.49. The standard InChI is InChI=1S/C15H29N5/c1-13(2)10-16-11-14-12-20(18-17-14)9-7-15-6-4-5-8-19(15)3/h12-13,15-16H,4-11H2,1-3H3. The summed E-state index contributed by atoms with van der Waals surface area (Å²) in [7, 11) is 2.24. The number of nitrogens with zero attached hydrogens (tertiary/aromatic N) is 4. The van der Waals surface area contributed by atoms with Gasteiger partial charge >= 0.3 is 0 Å². The van der Waals surface area contributed by atoms with Crippen molar-refractivity contribution in [2.24, 2.45) is 5.92 Å². The smallest absolute Gasteiger partial charge is 0.0964 e. The molecule has 1 aliphatic heterocycles. The molecule has 2 rings (SSSR count). The molecule has 1 aliphatic rings. The van der Waals surface area contributed by atoms with Crippen LogP contribution in [0, 0.1) is 5.92 Å². The van der Waals surface area contributed by atoms with Crippen LogP contribution in [0.5, 0.6) is 0 Å². The van der Waals surface area contributed by atoms with Crippen LogP contribution in [0.25, 0.3) is 0 Å². The molecule has 0 amide bonds. The molecule has 2 heterocycles. The van der Waals surface area contributed by atoms with Crippen molar-refractivity contribution in [3.8, 4) is 0 Å². The van der Waals surface area contributed by atoms with Crippen LogP contribution >= 0.6 is 0 Å². The Bertz CT molecular complexity index is 387. The van der Waals surface area contributed by atoms with E-state index in [9.17, 15) is 0 Å². The third-order valence-electron chi connectivity index (χ3n) is 4.06. The van der Waals surface area contributed by atoms with E-state index in [0.29, 0.717) is 5.92 Å². The first kappa shape index (κ1) is 15.4. The fraction of sp³-hybridized carbons (Fsp3) is 0.867. The number of piperidine rings is 1. The highest BCUT2D eigenvalue weighted by atomic mass is 15.4. The average molecular weight is 279 g/mol. The lowest BCUT2D eigenvalue weighted by atomic mass is 10.0. The second-order valence-electron chi connectivity index (χ2n) is 6.42. The van der Waals surface area contributed by atoms with Crippen molar-refractivity contribution in [3.63, 3.8) is 0 Å². The Balaban J connectivity index is 1.72. The SMILES string of the molecule is CC(C)CNCc1cn(CCC2CCCCN2C)nn1. The van der Waals surface area contributed by atoms with Gasteiger partial charge in [-0.3, -0.25) is 4.68 Å². The minimum Gasteiger partial charge on any atom is -0.311 e.